The Bertz CT molecular complexity index is 1950. The van der Waals surface area contributed by atoms with Crippen LogP contribution in [0.5, 0.6) is 0 Å². The van der Waals surface area contributed by atoms with Crippen molar-refractivity contribution in [3.63, 3.8) is 0 Å². The van der Waals surface area contributed by atoms with Gasteiger partial charge < -0.3 is 0 Å². The number of hydrogen-bond donors (Lipinski definition) is 0. The molecule has 5 aromatic carbocycles. The van der Waals surface area contributed by atoms with E-state index in [-0.39, 0.29) is 0 Å². The normalized spacial score (nSPS) is 12.2. The van der Waals surface area contributed by atoms with Gasteiger partial charge in [-0.3, -0.25) is 0 Å². The average Bonchev–Trinajstić information content (AvgIpc) is 3.55. The lowest BCUT2D eigenvalue weighted by Gasteiger charge is -2.05. The maximum atomic E-state index is 2.47. The topological polar surface area (TPSA) is 0 Å². The highest BCUT2D eigenvalue weighted by molar-refractivity contribution is 7.27. The molecular formula is C38H38S2. The van der Waals surface area contributed by atoms with Crippen LogP contribution in [-0.2, 0) is 6.42 Å². The molecule has 0 aliphatic heterocycles. The van der Waals surface area contributed by atoms with E-state index in [1.54, 1.807) is 0 Å². The van der Waals surface area contributed by atoms with Crippen LogP contribution in [-0.4, -0.2) is 0 Å². The molecule has 2 aromatic heterocycles. The van der Waals surface area contributed by atoms with Crippen molar-refractivity contribution in [2.24, 2.45) is 0 Å². The van der Waals surface area contributed by atoms with Crippen molar-refractivity contribution in [2.75, 3.05) is 0 Å². The van der Waals surface area contributed by atoms with Crippen molar-refractivity contribution in [3.05, 3.63) is 84.4 Å². The summed E-state index contributed by atoms with van der Waals surface area (Å²) in [6.45, 7) is 2.30. The van der Waals surface area contributed by atoms with E-state index in [1.807, 2.05) is 22.7 Å². The molecule has 0 unspecified atom stereocenters. The molecule has 0 bridgehead atoms. The lowest BCUT2D eigenvalue weighted by Crippen LogP contribution is -1.86. The van der Waals surface area contributed by atoms with Gasteiger partial charge in [0.05, 0.1) is 0 Å². The molecule has 0 fully saturated rings. The molecule has 2 heterocycles. The lowest BCUT2D eigenvalue weighted by atomic mass is 9.99. The molecule has 2 heteroatoms. The minimum absolute atomic E-state index is 1.21. The standard InChI is InChI=1S/C38H38S2/c1-2-3-4-5-6-7-8-9-10-11-14-26-17-20-30-32-22-19-28-24-33-27(25-34(28)38(32)40-36(30)23-26)18-21-31-29-15-12-13-16-35(29)39-37(31)33/h12-13,15-25H,2-11,14H2,1H3. The van der Waals surface area contributed by atoms with Crippen molar-refractivity contribution in [1.29, 1.82) is 0 Å². The molecule has 0 atom stereocenters. The second-order valence-electron chi connectivity index (χ2n) is 11.6. The van der Waals surface area contributed by atoms with Gasteiger partial charge in [0.2, 0.25) is 0 Å². The van der Waals surface area contributed by atoms with E-state index < -0.39 is 0 Å². The van der Waals surface area contributed by atoms with Crippen LogP contribution in [0.1, 0.15) is 76.7 Å². The van der Waals surface area contributed by atoms with Gasteiger partial charge in [-0.2, -0.15) is 0 Å². The molecule has 40 heavy (non-hydrogen) atoms. The van der Waals surface area contributed by atoms with Crippen LogP contribution in [0.3, 0.4) is 0 Å². The Morgan fingerprint density at radius 1 is 0.450 bits per heavy atom. The Kier molecular flexibility index (Phi) is 7.48. The maximum absolute atomic E-state index is 2.47. The van der Waals surface area contributed by atoms with Gasteiger partial charge in [0.1, 0.15) is 0 Å². The highest BCUT2D eigenvalue weighted by Crippen LogP contribution is 2.43. The van der Waals surface area contributed by atoms with Crippen LogP contribution in [0.15, 0.2) is 78.9 Å². The van der Waals surface area contributed by atoms with E-state index in [0.29, 0.717) is 0 Å². The summed E-state index contributed by atoms with van der Waals surface area (Å²) in [5.41, 5.74) is 1.50. The zero-order valence-electron chi connectivity index (χ0n) is 23.6. The fourth-order valence-electron chi connectivity index (χ4n) is 6.58. The number of benzene rings is 5. The van der Waals surface area contributed by atoms with Crippen molar-refractivity contribution >= 4 is 84.6 Å². The summed E-state index contributed by atoms with van der Waals surface area (Å²) in [5.74, 6) is 0. The molecule has 7 rings (SSSR count). The predicted octanol–water partition coefficient (Wildman–Crippen LogP) is 13.2. The second kappa shape index (κ2) is 11.5. The van der Waals surface area contributed by atoms with Gasteiger partial charge in [-0.25, -0.2) is 0 Å². The highest BCUT2D eigenvalue weighted by atomic mass is 32.1. The van der Waals surface area contributed by atoms with Gasteiger partial charge in [-0.05, 0) is 53.4 Å². The first-order chi connectivity index (χ1) is 19.8. The number of rotatable bonds is 11. The molecule has 0 nitrogen and oxygen atoms in total. The second-order valence-corrected chi connectivity index (χ2v) is 13.7. The number of fused-ring (bicyclic) bond motifs is 10. The zero-order chi connectivity index (χ0) is 26.9. The zero-order valence-corrected chi connectivity index (χ0v) is 25.2. The third-order valence-corrected chi connectivity index (χ3v) is 11.2. The summed E-state index contributed by atoms with van der Waals surface area (Å²) in [7, 11) is 0. The first-order valence-corrected chi connectivity index (χ1v) is 17.1. The fourth-order valence-corrected chi connectivity index (χ4v) is 9.10. The van der Waals surface area contributed by atoms with Crippen molar-refractivity contribution < 1.29 is 0 Å². The monoisotopic (exact) mass is 558 g/mol. The van der Waals surface area contributed by atoms with E-state index in [0.717, 1.165) is 0 Å². The van der Waals surface area contributed by atoms with Crippen LogP contribution in [0, 0.1) is 0 Å². The van der Waals surface area contributed by atoms with E-state index >= 15 is 0 Å². The summed E-state index contributed by atoms with van der Waals surface area (Å²) < 4.78 is 5.65. The number of hydrogen-bond acceptors (Lipinski definition) is 2. The first-order valence-electron chi connectivity index (χ1n) is 15.4. The minimum atomic E-state index is 1.21. The summed E-state index contributed by atoms with van der Waals surface area (Å²) in [4.78, 5) is 0. The summed E-state index contributed by atoms with van der Waals surface area (Å²) in [5, 5.41) is 11.0. The summed E-state index contributed by atoms with van der Waals surface area (Å²) >= 11 is 3.91. The van der Waals surface area contributed by atoms with E-state index in [9.17, 15) is 0 Å². The van der Waals surface area contributed by atoms with E-state index in [1.165, 1.54) is 138 Å². The van der Waals surface area contributed by atoms with Crippen LogP contribution < -0.4 is 0 Å². The van der Waals surface area contributed by atoms with Gasteiger partial charge in [-0.1, -0.05) is 119 Å². The van der Waals surface area contributed by atoms with Crippen molar-refractivity contribution in [1.82, 2.24) is 0 Å². The van der Waals surface area contributed by atoms with Crippen LogP contribution in [0.2, 0.25) is 0 Å². The molecule has 0 spiro atoms. The molecular weight excluding hydrogens is 521 g/mol. The van der Waals surface area contributed by atoms with Gasteiger partial charge in [-0.15, -0.1) is 22.7 Å². The van der Waals surface area contributed by atoms with Crippen molar-refractivity contribution in [2.45, 2.75) is 77.6 Å². The average molecular weight is 559 g/mol. The Morgan fingerprint density at radius 3 is 1.68 bits per heavy atom. The Morgan fingerprint density at radius 2 is 1.00 bits per heavy atom. The Balaban J connectivity index is 1.12. The fraction of sp³-hybridized carbons (Fsp3) is 0.316. The molecule has 0 aliphatic rings. The predicted molar refractivity (Wildman–Crippen MR) is 183 cm³/mol. The number of aryl methyl sites for hydroxylation is 1. The van der Waals surface area contributed by atoms with Gasteiger partial charge in [0, 0.05) is 51.1 Å². The third kappa shape index (κ3) is 4.91. The minimum Gasteiger partial charge on any atom is -0.135 e. The molecule has 202 valence electrons. The van der Waals surface area contributed by atoms with Crippen molar-refractivity contribution in [3.8, 4) is 0 Å². The van der Waals surface area contributed by atoms with Crippen LogP contribution in [0.4, 0.5) is 0 Å². The number of thiophene rings is 2. The molecule has 0 saturated heterocycles. The molecule has 0 aliphatic carbocycles. The molecule has 0 radical (unpaired) electrons. The van der Waals surface area contributed by atoms with Crippen LogP contribution >= 0.6 is 22.7 Å². The Labute approximate surface area is 245 Å². The quantitative estimate of drug-likeness (QED) is 0.109. The molecule has 0 saturated carbocycles. The van der Waals surface area contributed by atoms with E-state index in [2.05, 4.69) is 85.8 Å². The SMILES string of the molecule is CCCCCCCCCCCCc1ccc2c(c1)sc1c3cc4ccc5c6ccccc6sc5c4cc3ccc21. The molecule has 7 aromatic rings. The number of unbranched alkanes of at least 4 members (excludes halogenated alkanes) is 9. The smallest absolute Gasteiger partial charge is 0.0434 e. The molecule has 0 N–H and O–H groups in total. The maximum Gasteiger partial charge on any atom is 0.0434 e. The first kappa shape index (κ1) is 26.0. The van der Waals surface area contributed by atoms with Crippen LogP contribution in [0.25, 0.3) is 61.9 Å². The highest BCUT2D eigenvalue weighted by Gasteiger charge is 2.13. The largest absolute Gasteiger partial charge is 0.135 e. The molecule has 0 amide bonds. The lowest BCUT2D eigenvalue weighted by molar-refractivity contribution is 0.556. The van der Waals surface area contributed by atoms with Gasteiger partial charge >= 0.3 is 0 Å². The third-order valence-electron chi connectivity index (χ3n) is 8.82. The van der Waals surface area contributed by atoms with Gasteiger partial charge in [0.25, 0.3) is 0 Å². The summed E-state index contributed by atoms with van der Waals surface area (Å²) in [6.07, 6.45) is 15.2. The summed E-state index contributed by atoms with van der Waals surface area (Å²) in [6, 6.07) is 30.3. The Hall–Kier alpha value is -2.94. The van der Waals surface area contributed by atoms with Gasteiger partial charge in [0.15, 0.2) is 0 Å². The van der Waals surface area contributed by atoms with E-state index in [4.69, 9.17) is 0 Å².